The van der Waals surface area contributed by atoms with E-state index >= 15 is 0 Å². The topological polar surface area (TPSA) is 8.17 Å². The first-order valence-electron chi connectivity index (χ1n) is 22.5. The van der Waals surface area contributed by atoms with Crippen molar-refractivity contribution in [2.24, 2.45) is 5.92 Å². The number of benzene rings is 7. The first kappa shape index (κ1) is 37.4. The minimum Gasteiger partial charge on any atom is -0.313 e. The zero-order valence-electron chi connectivity index (χ0n) is 35.7. The normalized spacial score (nSPS) is 17.7. The highest BCUT2D eigenvalue weighted by atomic mass is 15.1. The standard InChI is InChI=1S/C61H48N2/c1-61(2)57-22-12-10-20-53(57)54-37-36-50(40-58(54)61)62(47-30-24-42(25-31-47)41-14-4-3-5-15-41)48-32-26-43(27-33-48)51-18-8-9-19-52(51)44-28-34-49(35-29-44)63-59-23-13-11-21-55(59)56-38-45-16-6-7-17-46(45)39-60(56)63/h3-17,19-38,40,46,51H,18,39H2,1-2H3. The number of fused-ring (bicyclic) bond motifs is 7. The Labute approximate surface area is 370 Å². The van der Waals surface area contributed by atoms with Crippen molar-refractivity contribution in [3.63, 3.8) is 0 Å². The molecular formula is C61H48N2. The van der Waals surface area contributed by atoms with E-state index in [0.29, 0.717) is 5.92 Å². The molecule has 2 nitrogen and oxygen atoms in total. The fourth-order valence-corrected chi connectivity index (χ4v) is 10.9. The molecule has 4 aliphatic rings. The zero-order chi connectivity index (χ0) is 42.1. The molecule has 0 N–H and O–H groups in total. The second-order valence-electron chi connectivity index (χ2n) is 18.0. The Morgan fingerprint density at radius 1 is 0.587 bits per heavy atom. The van der Waals surface area contributed by atoms with Crippen molar-refractivity contribution >= 4 is 39.6 Å². The van der Waals surface area contributed by atoms with Gasteiger partial charge in [0.15, 0.2) is 0 Å². The van der Waals surface area contributed by atoms with E-state index in [1.165, 1.54) is 83.5 Å². The first-order chi connectivity index (χ1) is 31.0. The highest BCUT2D eigenvalue weighted by molar-refractivity contribution is 5.94. The molecule has 63 heavy (non-hydrogen) atoms. The highest BCUT2D eigenvalue weighted by Crippen LogP contribution is 2.51. The number of nitrogens with zero attached hydrogens (tertiary/aromatic N) is 2. The van der Waals surface area contributed by atoms with Crippen molar-refractivity contribution in [2.45, 2.75) is 38.0 Å². The number of rotatable bonds is 7. The second-order valence-corrected chi connectivity index (χ2v) is 18.0. The quantitative estimate of drug-likeness (QED) is 0.156. The van der Waals surface area contributed by atoms with Gasteiger partial charge >= 0.3 is 0 Å². The van der Waals surface area contributed by atoms with Crippen molar-refractivity contribution in [1.29, 1.82) is 0 Å². The summed E-state index contributed by atoms with van der Waals surface area (Å²) in [6.45, 7) is 4.72. The Hall–Kier alpha value is -7.42. The van der Waals surface area contributed by atoms with Crippen molar-refractivity contribution in [1.82, 2.24) is 4.57 Å². The summed E-state index contributed by atoms with van der Waals surface area (Å²) in [4.78, 5) is 2.43. The van der Waals surface area contributed by atoms with E-state index in [4.69, 9.17) is 0 Å². The third kappa shape index (κ3) is 6.23. The maximum atomic E-state index is 2.50. The van der Waals surface area contributed by atoms with Crippen LogP contribution in [0, 0.1) is 5.92 Å². The van der Waals surface area contributed by atoms with Gasteiger partial charge in [0.05, 0.1) is 5.52 Å². The number of hydrogen-bond acceptors (Lipinski definition) is 1. The average molecular weight is 809 g/mol. The molecule has 12 rings (SSSR count). The first-order valence-corrected chi connectivity index (χ1v) is 22.5. The number of anilines is 3. The number of hydrogen-bond donors (Lipinski definition) is 0. The fourth-order valence-electron chi connectivity index (χ4n) is 10.9. The van der Waals surface area contributed by atoms with Gasteiger partial charge in [0.2, 0.25) is 0 Å². The predicted molar refractivity (Wildman–Crippen MR) is 265 cm³/mol. The Bertz CT molecular complexity index is 3220. The Kier molecular flexibility index (Phi) is 8.83. The lowest BCUT2D eigenvalue weighted by Gasteiger charge is -2.29. The number of allylic oxidation sites excluding steroid dienone is 9. The lowest BCUT2D eigenvalue weighted by atomic mass is 9.81. The van der Waals surface area contributed by atoms with E-state index < -0.39 is 0 Å². The molecule has 0 radical (unpaired) electrons. The summed E-state index contributed by atoms with van der Waals surface area (Å²) in [5.74, 6) is 0.671. The van der Waals surface area contributed by atoms with Crippen LogP contribution in [0.1, 0.15) is 59.7 Å². The van der Waals surface area contributed by atoms with Crippen molar-refractivity contribution in [3.05, 3.63) is 251 Å². The molecule has 2 atom stereocenters. The SMILES string of the molecule is CC1(C)c2ccccc2-c2ccc(N(c3ccc(-c4ccccc4)cc3)c3ccc(C4CC=CC=C4c4ccc(-n5c6c(c7ccccc75)C=C5C=CC=CC5C6)cc4)cc3)cc21. The Balaban J connectivity index is 0.881. The Morgan fingerprint density at radius 3 is 2.10 bits per heavy atom. The summed E-state index contributed by atoms with van der Waals surface area (Å²) in [6, 6.07) is 63.2. The third-order valence-corrected chi connectivity index (χ3v) is 14.1. The number of aromatic nitrogens is 1. The van der Waals surface area contributed by atoms with Gasteiger partial charge in [-0.25, -0.2) is 0 Å². The largest absolute Gasteiger partial charge is 0.313 e. The monoisotopic (exact) mass is 808 g/mol. The Morgan fingerprint density at radius 2 is 1.27 bits per heavy atom. The predicted octanol–water partition coefficient (Wildman–Crippen LogP) is 15.9. The molecule has 302 valence electrons. The van der Waals surface area contributed by atoms with E-state index in [1.54, 1.807) is 0 Å². The fraction of sp³-hybridized carbons (Fsp3) is 0.115. The molecule has 8 aromatic rings. The highest BCUT2D eigenvalue weighted by Gasteiger charge is 2.36. The lowest BCUT2D eigenvalue weighted by molar-refractivity contribution is 0.660. The van der Waals surface area contributed by atoms with Crippen LogP contribution in [0.2, 0.25) is 0 Å². The molecular weight excluding hydrogens is 761 g/mol. The minimum absolute atomic E-state index is 0.0924. The molecule has 2 heteroatoms. The molecule has 0 saturated carbocycles. The van der Waals surface area contributed by atoms with Crippen molar-refractivity contribution in [2.75, 3.05) is 4.90 Å². The average Bonchev–Trinajstić information content (AvgIpc) is 3.78. The van der Waals surface area contributed by atoms with E-state index in [1.807, 2.05) is 0 Å². The van der Waals surface area contributed by atoms with Gasteiger partial charge in [0, 0.05) is 56.6 Å². The van der Waals surface area contributed by atoms with Crippen LogP contribution in [-0.4, -0.2) is 4.57 Å². The summed E-state index contributed by atoms with van der Waals surface area (Å²) >= 11 is 0. The molecule has 1 heterocycles. The molecule has 1 aromatic heterocycles. The molecule has 7 aromatic carbocycles. The molecule has 0 saturated heterocycles. The van der Waals surface area contributed by atoms with Crippen LogP contribution in [0.5, 0.6) is 0 Å². The molecule has 0 amide bonds. The zero-order valence-corrected chi connectivity index (χ0v) is 35.7. The van der Waals surface area contributed by atoms with Gasteiger partial charge in [-0.05, 0) is 129 Å². The van der Waals surface area contributed by atoms with Gasteiger partial charge in [-0.3, -0.25) is 0 Å². The molecule has 0 bridgehead atoms. The third-order valence-electron chi connectivity index (χ3n) is 14.1. The van der Waals surface area contributed by atoms with Crippen LogP contribution in [-0.2, 0) is 11.8 Å². The summed E-state index contributed by atoms with van der Waals surface area (Å²) in [5, 5.41) is 1.32. The van der Waals surface area contributed by atoms with Gasteiger partial charge in [-0.1, -0.05) is 172 Å². The van der Waals surface area contributed by atoms with Crippen LogP contribution in [0.4, 0.5) is 17.1 Å². The van der Waals surface area contributed by atoms with Crippen LogP contribution in [0.15, 0.2) is 218 Å². The minimum atomic E-state index is -0.0924. The summed E-state index contributed by atoms with van der Waals surface area (Å²) in [5.41, 5.74) is 21.8. The van der Waals surface area contributed by atoms with Crippen LogP contribution in [0.25, 0.3) is 50.5 Å². The number of para-hydroxylation sites is 1. The summed E-state index contributed by atoms with van der Waals surface area (Å²) in [6.07, 6.45) is 20.2. The summed E-state index contributed by atoms with van der Waals surface area (Å²) < 4.78 is 2.50. The molecule has 4 aliphatic carbocycles. The van der Waals surface area contributed by atoms with Crippen molar-refractivity contribution < 1.29 is 0 Å². The van der Waals surface area contributed by atoms with Gasteiger partial charge in [-0.15, -0.1) is 0 Å². The maximum absolute atomic E-state index is 2.50. The van der Waals surface area contributed by atoms with Gasteiger partial charge in [0.1, 0.15) is 0 Å². The van der Waals surface area contributed by atoms with Gasteiger partial charge in [-0.2, -0.15) is 0 Å². The second kappa shape index (κ2) is 14.9. The van der Waals surface area contributed by atoms with Crippen LogP contribution in [0.3, 0.4) is 0 Å². The van der Waals surface area contributed by atoms with Gasteiger partial charge < -0.3 is 9.47 Å². The molecule has 0 aliphatic heterocycles. The van der Waals surface area contributed by atoms with E-state index in [-0.39, 0.29) is 11.3 Å². The molecule has 0 spiro atoms. The van der Waals surface area contributed by atoms with Crippen LogP contribution < -0.4 is 4.90 Å². The van der Waals surface area contributed by atoms with E-state index in [0.717, 1.165) is 29.9 Å². The summed E-state index contributed by atoms with van der Waals surface area (Å²) in [7, 11) is 0. The lowest BCUT2D eigenvalue weighted by Crippen LogP contribution is -2.16. The molecule has 0 fully saturated rings. The maximum Gasteiger partial charge on any atom is 0.0537 e. The molecule has 2 unspecified atom stereocenters. The van der Waals surface area contributed by atoms with E-state index in [9.17, 15) is 0 Å². The van der Waals surface area contributed by atoms with Gasteiger partial charge in [0.25, 0.3) is 0 Å². The van der Waals surface area contributed by atoms with Crippen molar-refractivity contribution in [3.8, 4) is 27.9 Å². The smallest absolute Gasteiger partial charge is 0.0537 e. The van der Waals surface area contributed by atoms with Crippen LogP contribution >= 0.6 is 0 Å². The van der Waals surface area contributed by atoms with E-state index in [2.05, 4.69) is 242 Å².